The van der Waals surface area contributed by atoms with Crippen molar-refractivity contribution in [3.63, 3.8) is 0 Å². The van der Waals surface area contributed by atoms with E-state index in [0.717, 1.165) is 6.54 Å². The first-order valence-electron chi connectivity index (χ1n) is 4.74. The van der Waals surface area contributed by atoms with E-state index in [-0.39, 0.29) is 0 Å². The van der Waals surface area contributed by atoms with Crippen LogP contribution in [0.25, 0.3) is 0 Å². The number of nitrogens with zero attached hydrogens (tertiary/aromatic N) is 3. The van der Waals surface area contributed by atoms with E-state index in [1.165, 1.54) is 0 Å². The summed E-state index contributed by atoms with van der Waals surface area (Å²) in [6.45, 7) is 7.39. The minimum absolute atomic E-state index is 0.535. The van der Waals surface area contributed by atoms with Gasteiger partial charge in [-0.3, -0.25) is 4.90 Å². The molecule has 0 aliphatic heterocycles. The molecular weight excluding hydrogens is 180 g/mol. The van der Waals surface area contributed by atoms with Gasteiger partial charge in [0.15, 0.2) is 5.82 Å². The highest BCUT2D eigenvalue weighted by atomic mass is 16.5. The van der Waals surface area contributed by atoms with E-state index in [1.54, 1.807) is 0 Å². The van der Waals surface area contributed by atoms with Crippen molar-refractivity contribution in [1.82, 2.24) is 15.0 Å². The summed E-state index contributed by atoms with van der Waals surface area (Å²) in [5, 5.41) is 3.84. The van der Waals surface area contributed by atoms with E-state index in [2.05, 4.69) is 22.0 Å². The maximum absolute atomic E-state index is 5.83. The molecule has 0 aromatic carbocycles. The van der Waals surface area contributed by atoms with Gasteiger partial charge < -0.3 is 10.3 Å². The van der Waals surface area contributed by atoms with Gasteiger partial charge in [0.05, 0.1) is 12.1 Å². The maximum Gasteiger partial charge on any atom is 0.240 e. The third kappa shape index (κ3) is 2.78. The molecule has 0 fully saturated rings. The van der Waals surface area contributed by atoms with Gasteiger partial charge in [0.2, 0.25) is 5.89 Å². The maximum atomic E-state index is 5.83. The third-order valence-corrected chi connectivity index (χ3v) is 1.99. The molecule has 1 rings (SSSR count). The van der Waals surface area contributed by atoms with Crippen LogP contribution < -0.4 is 5.73 Å². The first kappa shape index (κ1) is 11.1. The van der Waals surface area contributed by atoms with Crippen LogP contribution in [0.4, 0.5) is 0 Å². The molecule has 5 heteroatoms. The van der Waals surface area contributed by atoms with Crippen LogP contribution in [0.2, 0.25) is 0 Å². The molecule has 0 saturated heterocycles. The molecule has 0 atom stereocenters. The average Bonchev–Trinajstić information content (AvgIpc) is 2.51. The van der Waals surface area contributed by atoms with Crippen molar-refractivity contribution in [2.24, 2.45) is 5.73 Å². The highest BCUT2D eigenvalue weighted by Crippen LogP contribution is 2.12. The topological polar surface area (TPSA) is 68.2 Å². The highest BCUT2D eigenvalue weighted by Gasteiger charge is 2.21. The lowest BCUT2D eigenvalue weighted by molar-refractivity contribution is 0.274. The van der Waals surface area contributed by atoms with E-state index in [1.807, 2.05) is 20.9 Å². The fourth-order valence-electron chi connectivity index (χ4n) is 0.924. The number of hydrogen-bond donors (Lipinski definition) is 1. The smallest absolute Gasteiger partial charge is 0.240 e. The molecule has 0 radical (unpaired) electrons. The van der Waals surface area contributed by atoms with Crippen molar-refractivity contribution >= 4 is 0 Å². The molecule has 0 aliphatic rings. The second-order valence-corrected chi connectivity index (χ2v) is 4.06. The van der Waals surface area contributed by atoms with Crippen LogP contribution in [-0.4, -0.2) is 28.6 Å². The molecule has 1 aromatic heterocycles. The summed E-state index contributed by atoms with van der Waals surface area (Å²) in [7, 11) is 2.00. The number of nitrogens with two attached hydrogens (primary N) is 1. The Bertz CT molecular complexity index is 289. The van der Waals surface area contributed by atoms with Crippen LogP contribution >= 0.6 is 0 Å². The zero-order chi connectivity index (χ0) is 10.8. The van der Waals surface area contributed by atoms with E-state index in [9.17, 15) is 0 Å². The summed E-state index contributed by atoms with van der Waals surface area (Å²) in [5.74, 6) is 1.17. The number of hydrogen-bond acceptors (Lipinski definition) is 5. The van der Waals surface area contributed by atoms with Crippen molar-refractivity contribution in [2.75, 3.05) is 13.6 Å². The lowest BCUT2D eigenvalue weighted by Gasteiger charge is -2.12. The number of aromatic nitrogens is 2. The summed E-state index contributed by atoms with van der Waals surface area (Å²) < 4.78 is 5.08. The molecule has 0 bridgehead atoms. The van der Waals surface area contributed by atoms with Crippen LogP contribution in [-0.2, 0) is 12.1 Å². The van der Waals surface area contributed by atoms with E-state index in [4.69, 9.17) is 10.3 Å². The van der Waals surface area contributed by atoms with Gasteiger partial charge in [-0.2, -0.15) is 4.98 Å². The molecule has 0 aliphatic carbocycles. The fourth-order valence-corrected chi connectivity index (χ4v) is 0.924. The van der Waals surface area contributed by atoms with Crippen LogP contribution in [0, 0.1) is 0 Å². The lowest BCUT2D eigenvalue weighted by Crippen LogP contribution is -2.30. The predicted molar refractivity (Wildman–Crippen MR) is 53.5 cm³/mol. The normalized spacial score (nSPS) is 12.4. The van der Waals surface area contributed by atoms with Crippen LogP contribution in [0.15, 0.2) is 4.52 Å². The summed E-state index contributed by atoms with van der Waals surface area (Å²) in [4.78, 5) is 6.31. The van der Waals surface area contributed by atoms with E-state index >= 15 is 0 Å². The van der Waals surface area contributed by atoms with Gasteiger partial charge in [-0.25, -0.2) is 0 Å². The van der Waals surface area contributed by atoms with E-state index < -0.39 is 5.54 Å². The number of rotatable bonds is 4. The summed E-state index contributed by atoms with van der Waals surface area (Å²) >= 11 is 0. The molecule has 0 spiro atoms. The zero-order valence-electron chi connectivity index (χ0n) is 9.24. The van der Waals surface area contributed by atoms with Crippen molar-refractivity contribution in [2.45, 2.75) is 32.9 Å². The molecule has 0 unspecified atom stereocenters. The first-order chi connectivity index (χ1) is 6.43. The predicted octanol–water partition coefficient (Wildman–Crippen LogP) is 0.715. The molecule has 14 heavy (non-hydrogen) atoms. The Morgan fingerprint density at radius 2 is 2.14 bits per heavy atom. The SMILES string of the molecule is CCN(C)Cc1nc(C(C)(C)N)no1. The molecule has 2 N–H and O–H groups in total. The Labute approximate surface area is 84.3 Å². The molecule has 80 valence electrons. The largest absolute Gasteiger partial charge is 0.338 e. The van der Waals surface area contributed by atoms with Gasteiger partial charge in [0.25, 0.3) is 0 Å². The summed E-state index contributed by atoms with van der Waals surface area (Å²) in [6.07, 6.45) is 0. The zero-order valence-corrected chi connectivity index (χ0v) is 9.24. The Morgan fingerprint density at radius 1 is 1.50 bits per heavy atom. The van der Waals surface area contributed by atoms with Crippen LogP contribution in [0.5, 0.6) is 0 Å². The van der Waals surface area contributed by atoms with Crippen molar-refractivity contribution in [3.8, 4) is 0 Å². The third-order valence-electron chi connectivity index (χ3n) is 1.99. The van der Waals surface area contributed by atoms with Gasteiger partial charge >= 0.3 is 0 Å². The Hall–Kier alpha value is -0.940. The Morgan fingerprint density at radius 3 is 2.57 bits per heavy atom. The standard InChI is InChI=1S/C9H18N4O/c1-5-13(4)6-7-11-8(12-14-7)9(2,3)10/h5-6,10H2,1-4H3. The van der Waals surface area contributed by atoms with Gasteiger partial charge in [0.1, 0.15) is 0 Å². The van der Waals surface area contributed by atoms with Crippen molar-refractivity contribution in [1.29, 1.82) is 0 Å². The van der Waals surface area contributed by atoms with Crippen molar-refractivity contribution < 1.29 is 4.52 Å². The van der Waals surface area contributed by atoms with Gasteiger partial charge in [-0.15, -0.1) is 0 Å². The second kappa shape index (κ2) is 4.06. The molecule has 0 amide bonds. The Balaban J connectivity index is 2.69. The molecule has 5 nitrogen and oxygen atoms in total. The lowest BCUT2D eigenvalue weighted by atomic mass is 10.1. The van der Waals surface area contributed by atoms with Gasteiger partial charge in [-0.05, 0) is 27.4 Å². The molecule has 1 heterocycles. The molecular formula is C9H18N4O. The Kier molecular flexibility index (Phi) is 3.23. The molecule has 1 aromatic rings. The average molecular weight is 198 g/mol. The van der Waals surface area contributed by atoms with E-state index in [0.29, 0.717) is 18.3 Å². The summed E-state index contributed by atoms with van der Waals surface area (Å²) in [5.41, 5.74) is 5.30. The monoisotopic (exact) mass is 198 g/mol. The first-order valence-corrected chi connectivity index (χ1v) is 4.74. The quantitative estimate of drug-likeness (QED) is 0.772. The van der Waals surface area contributed by atoms with Crippen LogP contribution in [0.3, 0.4) is 0 Å². The fraction of sp³-hybridized carbons (Fsp3) is 0.778. The second-order valence-electron chi connectivity index (χ2n) is 4.06. The molecule has 0 saturated carbocycles. The minimum atomic E-state index is -0.535. The van der Waals surface area contributed by atoms with Crippen LogP contribution in [0.1, 0.15) is 32.5 Å². The van der Waals surface area contributed by atoms with Gasteiger partial charge in [0, 0.05) is 0 Å². The highest BCUT2D eigenvalue weighted by molar-refractivity contribution is 4.98. The summed E-state index contributed by atoms with van der Waals surface area (Å²) in [6, 6.07) is 0. The van der Waals surface area contributed by atoms with Gasteiger partial charge in [-0.1, -0.05) is 12.1 Å². The minimum Gasteiger partial charge on any atom is -0.338 e. The van der Waals surface area contributed by atoms with Crippen molar-refractivity contribution in [3.05, 3.63) is 11.7 Å².